The minimum absolute atomic E-state index is 0.0455. The molecule has 8 nitrogen and oxygen atoms in total. The topological polar surface area (TPSA) is 108 Å². The number of nitrogen functional groups attached to an aromatic ring is 1. The molecule has 1 saturated carbocycles. The van der Waals surface area contributed by atoms with Gasteiger partial charge in [-0.3, -0.25) is 9.59 Å². The van der Waals surface area contributed by atoms with E-state index in [1.807, 2.05) is 42.2 Å². The first kappa shape index (κ1) is 38.8. The second-order valence-electron chi connectivity index (χ2n) is 16.8. The first-order chi connectivity index (χ1) is 25.5. The van der Waals surface area contributed by atoms with Crippen LogP contribution in [0.4, 0.5) is 10.5 Å². The molecule has 3 heterocycles. The minimum Gasteiger partial charge on any atom is -0.398 e. The van der Waals surface area contributed by atoms with Crippen molar-refractivity contribution < 1.29 is 14.4 Å². The summed E-state index contributed by atoms with van der Waals surface area (Å²) in [6.07, 6.45) is 26.1. The molecule has 4 atom stereocenters. The number of hydrogen-bond donors (Lipinski definition) is 3. The van der Waals surface area contributed by atoms with Crippen LogP contribution in [0.5, 0.6) is 0 Å². The van der Waals surface area contributed by atoms with Gasteiger partial charge in [-0.05, 0) is 143 Å². The molecule has 0 radical (unpaired) electrons. The average Bonchev–Trinajstić information content (AvgIpc) is 3.46. The Labute approximate surface area is 318 Å². The molecule has 1 aromatic carbocycles. The Kier molecular flexibility index (Phi) is 12.8. The highest BCUT2D eigenvalue weighted by Gasteiger charge is 2.45. The number of likely N-dealkylation sites (tertiary alicyclic amines) is 2. The van der Waals surface area contributed by atoms with E-state index in [1.165, 1.54) is 43.5 Å². The smallest absolute Gasteiger partial charge is 0.318 e. The Morgan fingerprint density at radius 2 is 1.85 bits per heavy atom. The molecule has 4 N–H and O–H groups in total. The number of amides is 3. The molecule has 3 saturated heterocycles. The van der Waals surface area contributed by atoms with Gasteiger partial charge >= 0.3 is 6.03 Å². The van der Waals surface area contributed by atoms with E-state index >= 15 is 0 Å². The van der Waals surface area contributed by atoms with E-state index in [1.54, 1.807) is 6.08 Å². The molecular weight excluding hydrogens is 659 g/mol. The summed E-state index contributed by atoms with van der Waals surface area (Å²) in [7, 11) is 0. The molecule has 1 aromatic rings. The Hall–Kier alpha value is -3.91. The third-order valence-electron chi connectivity index (χ3n) is 13.2. The third kappa shape index (κ3) is 9.43. The van der Waals surface area contributed by atoms with Crippen LogP contribution >= 0.6 is 0 Å². The van der Waals surface area contributed by atoms with Crippen molar-refractivity contribution in [2.24, 2.45) is 17.3 Å². The van der Waals surface area contributed by atoms with Crippen molar-refractivity contribution in [1.82, 2.24) is 20.4 Å². The van der Waals surface area contributed by atoms with Crippen molar-refractivity contribution in [2.45, 2.75) is 122 Å². The highest BCUT2D eigenvalue weighted by molar-refractivity contribution is 5.97. The number of aryl methyl sites for hydroxylation is 1. The van der Waals surface area contributed by atoms with Gasteiger partial charge in [0, 0.05) is 36.7 Å². The summed E-state index contributed by atoms with van der Waals surface area (Å²) in [5.41, 5.74) is 11.9. The molecule has 286 valence electrons. The number of anilines is 1. The molecule has 4 fully saturated rings. The van der Waals surface area contributed by atoms with Crippen molar-refractivity contribution in [2.75, 3.05) is 31.9 Å². The largest absolute Gasteiger partial charge is 0.398 e. The maximum Gasteiger partial charge on any atom is 0.318 e. The van der Waals surface area contributed by atoms with E-state index in [0.717, 1.165) is 80.4 Å². The first-order valence-corrected chi connectivity index (χ1v) is 20.4. The molecule has 6 rings (SSSR count). The van der Waals surface area contributed by atoms with E-state index in [2.05, 4.69) is 54.2 Å². The van der Waals surface area contributed by atoms with Crippen LogP contribution in [0.15, 0.2) is 66.3 Å². The number of fused-ring (bicyclic) bond motifs is 1. The predicted octanol–water partition coefficient (Wildman–Crippen LogP) is 7.84. The Morgan fingerprint density at radius 3 is 2.60 bits per heavy atom. The van der Waals surface area contributed by atoms with Crippen LogP contribution in [0.3, 0.4) is 0 Å². The van der Waals surface area contributed by atoms with E-state index in [0.29, 0.717) is 31.2 Å². The van der Waals surface area contributed by atoms with Gasteiger partial charge in [0.15, 0.2) is 5.78 Å². The molecule has 3 aliphatic heterocycles. The Bertz CT molecular complexity index is 1640. The molecule has 0 aromatic heterocycles. The second-order valence-corrected chi connectivity index (χ2v) is 16.8. The number of carbonyl (C=O) groups excluding carboxylic acids is 3. The predicted molar refractivity (Wildman–Crippen MR) is 216 cm³/mol. The van der Waals surface area contributed by atoms with Crippen molar-refractivity contribution >= 4 is 29.5 Å². The van der Waals surface area contributed by atoms with Gasteiger partial charge in [0.1, 0.15) is 0 Å². The maximum absolute atomic E-state index is 14.2. The lowest BCUT2D eigenvalue weighted by atomic mass is 9.69. The standard InChI is InChI=1S/C45H63N5O3/c1-5-6-11-36-28-34(27-32(3)42(36)46)29-40(41(51)30-33-14-16-38(17-15-33)49-23-9-10-31(2)19-24-49)48-44(53)50-25-20-37(21-26-50)45(4)22-18-35-12-7-8-13-39(35)47-43(45)52/h5-8,11-12,27-28,30-31,37-40H,1,9-10,13-26,29,46H2,2-4H3,(H,47,52)(H,48,53)/b11-6-,33-30?. The number of benzene rings is 1. The number of rotatable bonds is 9. The quantitative estimate of drug-likeness (QED) is 0.137. The first-order valence-electron chi connectivity index (χ1n) is 20.4. The van der Waals surface area contributed by atoms with E-state index in [9.17, 15) is 14.4 Å². The van der Waals surface area contributed by atoms with Crippen molar-refractivity contribution in [3.8, 4) is 0 Å². The van der Waals surface area contributed by atoms with Crippen LogP contribution in [-0.4, -0.2) is 71.8 Å². The summed E-state index contributed by atoms with van der Waals surface area (Å²) in [4.78, 5) is 46.2. The number of piperidine rings is 1. The highest BCUT2D eigenvalue weighted by atomic mass is 16.2. The molecule has 4 unspecified atom stereocenters. The van der Waals surface area contributed by atoms with Crippen LogP contribution in [0.2, 0.25) is 0 Å². The number of nitrogens with one attached hydrogen (secondary N) is 2. The van der Waals surface area contributed by atoms with Crippen molar-refractivity contribution in [3.05, 3.63) is 83.0 Å². The van der Waals surface area contributed by atoms with E-state index in [4.69, 9.17) is 5.73 Å². The van der Waals surface area contributed by atoms with E-state index in [-0.39, 0.29) is 29.7 Å². The molecule has 0 spiro atoms. The van der Waals surface area contributed by atoms with Crippen molar-refractivity contribution in [3.63, 3.8) is 0 Å². The summed E-state index contributed by atoms with van der Waals surface area (Å²) in [5.74, 6) is 1.09. The number of hydrogen-bond acceptors (Lipinski definition) is 5. The number of carbonyl (C=O) groups is 3. The van der Waals surface area contributed by atoms with Gasteiger partial charge in [0.2, 0.25) is 5.91 Å². The van der Waals surface area contributed by atoms with Gasteiger partial charge in [-0.25, -0.2) is 4.79 Å². The fourth-order valence-electron chi connectivity index (χ4n) is 9.50. The van der Waals surface area contributed by atoms with Crippen LogP contribution in [-0.2, 0) is 16.0 Å². The molecule has 2 aliphatic carbocycles. The summed E-state index contributed by atoms with van der Waals surface area (Å²) in [5, 5.41) is 6.50. The SMILES string of the molecule is C=C/C=C\c1cc(CC(NC(=O)N2CCC(C3(C)CCC4=CC=CCC4NC3=O)CC2)C(=O)C=C2CCC(N3CCCC(C)CC3)CC2)cc(C)c1N. The number of nitrogens with two attached hydrogens (primary N) is 1. The zero-order valence-electron chi connectivity index (χ0n) is 32.5. The van der Waals surface area contributed by atoms with Gasteiger partial charge in [-0.15, -0.1) is 0 Å². The number of nitrogens with zero attached hydrogens (tertiary/aromatic N) is 2. The Balaban J connectivity index is 1.13. The lowest BCUT2D eigenvalue weighted by Crippen LogP contribution is -2.53. The summed E-state index contributed by atoms with van der Waals surface area (Å²) in [6, 6.07) is 3.82. The maximum atomic E-state index is 14.2. The molecule has 8 heteroatoms. The monoisotopic (exact) mass is 721 g/mol. The van der Waals surface area contributed by atoms with Crippen LogP contribution in [0.25, 0.3) is 6.08 Å². The number of allylic oxidation sites excluding steroid dienone is 5. The third-order valence-corrected chi connectivity index (χ3v) is 13.2. The lowest BCUT2D eigenvalue weighted by Gasteiger charge is -2.41. The van der Waals surface area contributed by atoms with Crippen LogP contribution in [0.1, 0.15) is 108 Å². The molecular formula is C45H63N5O3. The van der Waals surface area contributed by atoms with Gasteiger partial charge in [-0.1, -0.05) is 68.5 Å². The van der Waals surface area contributed by atoms with Gasteiger partial charge in [-0.2, -0.15) is 0 Å². The number of ketones is 1. The second kappa shape index (κ2) is 17.5. The summed E-state index contributed by atoms with van der Waals surface area (Å²) in [6.45, 7) is 13.7. The zero-order valence-corrected chi connectivity index (χ0v) is 32.5. The fraction of sp³-hybridized carbons (Fsp3) is 0.578. The summed E-state index contributed by atoms with van der Waals surface area (Å²) < 4.78 is 0. The number of urea groups is 1. The zero-order chi connectivity index (χ0) is 37.5. The van der Waals surface area contributed by atoms with Gasteiger partial charge < -0.3 is 26.2 Å². The highest BCUT2D eigenvalue weighted by Crippen LogP contribution is 2.43. The van der Waals surface area contributed by atoms with Crippen molar-refractivity contribution in [1.29, 1.82) is 0 Å². The molecule has 53 heavy (non-hydrogen) atoms. The lowest BCUT2D eigenvalue weighted by molar-refractivity contribution is -0.134. The minimum atomic E-state index is -0.702. The van der Waals surface area contributed by atoms with Crippen LogP contribution in [0, 0.1) is 24.2 Å². The molecule has 0 bridgehead atoms. The molecule has 3 amide bonds. The van der Waals surface area contributed by atoms with E-state index < -0.39 is 11.5 Å². The normalized spacial score (nSPS) is 27.9. The molecule has 5 aliphatic rings. The summed E-state index contributed by atoms with van der Waals surface area (Å²) >= 11 is 0. The fourth-order valence-corrected chi connectivity index (χ4v) is 9.50. The van der Waals surface area contributed by atoms with Gasteiger partial charge in [0.05, 0.1) is 12.1 Å². The Morgan fingerprint density at radius 1 is 1.08 bits per heavy atom. The average molecular weight is 722 g/mol. The van der Waals surface area contributed by atoms with Crippen LogP contribution < -0.4 is 16.4 Å². The van der Waals surface area contributed by atoms with Gasteiger partial charge in [0.25, 0.3) is 0 Å².